The van der Waals surface area contributed by atoms with Crippen LogP contribution in [-0.2, 0) is 4.79 Å². The second-order valence-electron chi connectivity index (χ2n) is 5.11. The van der Waals surface area contributed by atoms with Gasteiger partial charge < -0.3 is 9.80 Å². The van der Waals surface area contributed by atoms with Crippen molar-refractivity contribution < 1.29 is 4.79 Å². The fourth-order valence-electron chi connectivity index (χ4n) is 2.37. The Morgan fingerprint density at radius 3 is 2.48 bits per heavy atom. The zero-order valence-corrected chi connectivity index (χ0v) is 12.9. The van der Waals surface area contributed by atoms with Gasteiger partial charge in [0.25, 0.3) is 0 Å². The fraction of sp³-hybridized carbons (Fsp3) is 0.438. The highest BCUT2D eigenvalue weighted by Crippen LogP contribution is 2.15. The summed E-state index contributed by atoms with van der Waals surface area (Å²) in [5.41, 5.74) is 0.977. The molecule has 21 heavy (non-hydrogen) atoms. The Kier molecular flexibility index (Phi) is 5.09. The number of hydrogen-bond donors (Lipinski definition) is 0. The summed E-state index contributed by atoms with van der Waals surface area (Å²) < 4.78 is 0. The summed E-state index contributed by atoms with van der Waals surface area (Å²) in [4.78, 5) is 24.8. The Balaban J connectivity index is 1.95. The summed E-state index contributed by atoms with van der Waals surface area (Å²) in [6.45, 7) is 8.87. The van der Waals surface area contributed by atoms with Crippen molar-refractivity contribution in [2.45, 2.75) is 20.8 Å². The van der Waals surface area contributed by atoms with Crippen LogP contribution in [0.4, 0.5) is 5.82 Å². The molecule has 2 heterocycles. The van der Waals surface area contributed by atoms with Gasteiger partial charge in [-0.3, -0.25) is 4.79 Å². The van der Waals surface area contributed by atoms with Crippen molar-refractivity contribution >= 4 is 11.7 Å². The molecule has 0 aromatic carbocycles. The average molecular weight is 286 g/mol. The Labute approximate surface area is 126 Å². The first kappa shape index (κ1) is 15.2. The van der Waals surface area contributed by atoms with Gasteiger partial charge in [-0.25, -0.2) is 9.97 Å². The maximum absolute atomic E-state index is 12.0. The number of anilines is 1. The molecule has 1 aliphatic heterocycles. The Morgan fingerprint density at radius 2 is 1.86 bits per heavy atom. The van der Waals surface area contributed by atoms with E-state index in [1.54, 1.807) is 12.2 Å². The third-order valence-corrected chi connectivity index (χ3v) is 3.41. The predicted octanol–water partition coefficient (Wildman–Crippen LogP) is 1.87. The lowest BCUT2D eigenvalue weighted by atomic mass is 10.3. The van der Waals surface area contributed by atoms with Crippen molar-refractivity contribution in [3.8, 4) is 0 Å². The van der Waals surface area contributed by atoms with Gasteiger partial charge in [-0.15, -0.1) is 0 Å². The minimum absolute atomic E-state index is 0.0720. The molecule has 1 aromatic heterocycles. The first-order chi connectivity index (χ1) is 10.1. The topological polar surface area (TPSA) is 49.3 Å². The number of aryl methyl sites for hydroxylation is 2. The van der Waals surface area contributed by atoms with E-state index in [2.05, 4.69) is 14.9 Å². The highest BCUT2D eigenvalue weighted by atomic mass is 16.2. The lowest BCUT2D eigenvalue weighted by molar-refractivity contribution is -0.126. The van der Waals surface area contributed by atoms with Crippen LogP contribution in [-0.4, -0.2) is 47.0 Å². The smallest absolute Gasteiger partial charge is 0.246 e. The van der Waals surface area contributed by atoms with Crippen molar-refractivity contribution in [3.05, 3.63) is 41.9 Å². The predicted molar refractivity (Wildman–Crippen MR) is 84.3 cm³/mol. The molecule has 1 saturated heterocycles. The van der Waals surface area contributed by atoms with Crippen LogP contribution < -0.4 is 4.90 Å². The molecule has 0 spiro atoms. The Bertz CT molecular complexity index is 537. The van der Waals surface area contributed by atoms with Crippen LogP contribution >= 0.6 is 0 Å². The molecule has 2 rings (SSSR count). The lowest BCUT2D eigenvalue weighted by Gasteiger charge is -2.35. The third-order valence-electron chi connectivity index (χ3n) is 3.41. The second kappa shape index (κ2) is 7.02. The number of hydrogen-bond acceptors (Lipinski definition) is 4. The molecule has 0 atom stereocenters. The highest BCUT2D eigenvalue weighted by Gasteiger charge is 2.20. The summed E-state index contributed by atoms with van der Waals surface area (Å²) >= 11 is 0. The molecule has 0 radical (unpaired) electrons. The van der Waals surface area contributed by atoms with Crippen molar-refractivity contribution in [1.29, 1.82) is 0 Å². The maximum atomic E-state index is 12.0. The van der Waals surface area contributed by atoms with E-state index in [-0.39, 0.29) is 5.91 Å². The summed E-state index contributed by atoms with van der Waals surface area (Å²) in [6.07, 6.45) is 7.17. The van der Waals surface area contributed by atoms with Gasteiger partial charge in [-0.2, -0.15) is 0 Å². The van der Waals surface area contributed by atoms with Gasteiger partial charge in [-0.1, -0.05) is 18.2 Å². The van der Waals surface area contributed by atoms with Gasteiger partial charge in [0.15, 0.2) is 0 Å². The Morgan fingerprint density at radius 1 is 1.14 bits per heavy atom. The van der Waals surface area contributed by atoms with E-state index in [1.807, 2.05) is 43.9 Å². The minimum Gasteiger partial charge on any atom is -0.353 e. The van der Waals surface area contributed by atoms with Crippen LogP contribution in [0.1, 0.15) is 18.4 Å². The molecule has 0 aliphatic carbocycles. The first-order valence-electron chi connectivity index (χ1n) is 7.25. The molecule has 5 heteroatoms. The molecule has 1 fully saturated rings. The van der Waals surface area contributed by atoms with Crippen LogP contribution in [0.25, 0.3) is 0 Å². The molecule has 0 saturated carbocycles. The van der Waals surface area contributed by atoms with Crippen LogP contribution in [0.2, 0.25) is 0 Å². The summed E-state index contributed by atoms with van der Waals surface area (Å²) in [6, 6.07) is 2.00. The lowest BCUT2D eigenvalue weighted by Crippen LogP contribution is -2.48. The number of carbonyl (C=O) groups excluding carboxylic acids is 1. The van der Waals surface area contributed by atoms with Crippen molar-refractivity contribution in [3.63, 3.8) is 0 Å². The van der Waals surface area contributed by atoms with Gasteiger partial charge in [0.1, 0.15) is 11.6 Å². The summed E-state index contributed by atoms with van der Waals surface area (Å²) in [7, 11) is 0. The molecule has 112 valence electrons. The largest absolute Gasteiger partial charge is 0.353 e. The van der Waals surface area contributed by atoms with Crippen molar-refractivity contribution in [2.75, 3.05) is 31.1 Å². The van der Waals surface area contributed by atoms with E-state index < -0.39 is 0 Å². The number of nitrogens with zero attached hydrogens (tertiary/aromatic N) is 4. The third kappa shape index (κ3) is 4.15. The maximum Gasteiger partial charge on any atom is 0.246 e. The minimum atomic E-state index is 0.0720. The summed E-state index contributed by atoms with van der Waals surface area (Å²) in [5, 5.41) is 0. The molecular formula is C16H22N4O. The molecule has 1 amide bonds. The van der Waals surface area contributed by atoms with Gasteiger partial charge in [0, 0.05) is 44.0 Å². The van der Waals surface area contributed by atoms with Gasteiger partial charge in [-0.05, 0) is 20.8 Å². The molecule has 1 aliphatic rings. The SMILES string of the molecule is C/C=C/C=C/C(=O)N1CCN(c2cc(C)nc(C)n2)CC1. The van der Waals surface area contributed by atoms with E-state index >= 15 is 0 Å². The van der Waals surface area contributed by atoms with Crippen LogP contribution in [0.5, 0.6) is 0 Å². The van der Waals surface area contributed by atoms with Gasteiger partial charge in [0.05, 0.1) is 0 Å². The molecule has 0 N–H and O–H groups in total. The monoisotopic (exact) mass is 286 g/mol. The number of allylic oxidation sites excluding steroid dienone is 3. The zero-order chi connectivity index (χ0) is 15.2. The number of aromatic nitrogens is 2. The molecule has 5 nitrogen and oxygen atoms in total. The quantitative estimate of drug-likeness (QED) is 0.629. The standard InChI is InChI=1S/C16H22N4O/c1-4-5-6-7-16(21)20-10-8-19(9-11-20)15-12-13(2)17-14(3)18-15/h4-7,12H,8-11H2,1-3H3/b5-4+,7-6+. The second-order valence-corrected chi connectivity index (χ2v) is 5.11. The van der Waals surface area contributed by atoms with E-state index in [0.29, 0.717) is 0 Å². The van der Waals surface area contributed by atoms with E-state index in [1.165, 1.54) is 0 Å². The number of carbonyl (C=O) groups is 1. The molecule has 1 aromatic rings. The van der Waals surface area contributed by atoms with Crippen LogP contribution in [0.3, 0.4) is 0 Å². The fourth-order valence-corrected chi connectivity index (χ4v) is 2.37. The normalized spacial score (nSPS) is 16.1. The van der Waals surface area contributed by atoms with Gasteiger partial charge >= 0.3 is 0 Å². The van der Waals surface area contributed by atoms with E-state index in [4.69, 9.17) is 0 Å². The number of amides is 1. The zero-order valence-electron chi connectivity index (χ0n) is 12.9. The molecule has 0 bridgehead atoms. The molecule has 0 unspecified atom stereocenters. The number of rotatable bonds is 3. The highest BCUT2D eigenvalue weighted by molar-refractivity contribution is 5.88. The molecular weight excluding hydrogens is 264 g/mol. The summed E-state index contributed by atoms with van der Waals surface area (Å²) in [5.74, 6) is 1.82. The van der Waals surface area contributed by atoms with Crippen molar-refractivity contribution in [1.82, 2.24) is 14.9 Å². The number of piperazine rings is 1. The van der Waals surface area contributed by atoms with E-state index in [0.717, 1.165) is 43.5 Å². The average Bonchev–Trinajstić information content (AvgIpc) is 2.46. The van der Waals surface area contributed by atoms with E-state index in [9.17, 15) is 4.79 Å². The Hall–Kier alpha value is -2.17. The first-order valence-corrected chi connectivity index (χ1v) is 7.25. The van der Waals surface area contributed by atoms with Gasteiger partial charge in [0.2, 0.25) is 5.91 Å². The van der Waals surface area contributed by atoms with Crippen LogP contribution in [0, 0.1) is 13.8 Å². The van der Waals surface area contributed by atoms with Crippen molar-refractivity contribution in [2.24, 2.45) is 0 Å². The van der Waals surface area contributed by atoms with Crippen LogP contribution in [0.15, 0.2) is 30.4 Å².